The molecule has 3 nitrogen and oxygen atoms in total. The summed E-state index contributed by atoms with van der Waals surface area (Å²) >= 11 is 1.22. The molecule has 0 radical (unpaired) electrons. The van der Waals surface area contributed by atoms with E-state index in [1.54, 1.807) is 6.07 Å². The minimum Gasteiger partial charge on any atom is -0.477 e. The predicted molar refractivity (Wildman–Crippen MR) is 73.6 cm³/mol. The van der Waals surface area contributed by atoms with Gasteiger partial charge in [0.2, 0.25) is 0 Å². The van der Waals surface area contributed by atoms with Gasteiger partial charge in [-0.15, -0.1) is 11.3 Å². The first-order valence-corrected chi connectivity index (χ1v) is 6.41. The fourth-order valence-corrected chi connectivity index (χ4v) is 2.87. The Balaban J connectivity index is 2.36. The lowest BCUT2D eigenvalue weighted by Crippen LogP contribution is -1.89. The smallest absolute Gasteiger partial charge is 0.345 e. The molecule has 3 rings (SSSR count). The first-order valence-electron chi connectivity index (χ1n) is 5.59. The van der Waals surface area contributed by atoms with Crippen molar-refractivity contribution in [1.82, 2.24) is 4.98 Å². The van der Waals surface area contributed by atoms with Crippen LogP contribution in [0.3, 0.4) is 0 Å². The number of benzene rings is 1. The van der Waals surface area contributed by atoms with Crippen LogP contribution in [0, 0.1) is 13.8 Å². The summed E-state index contributed by atoms with van der Waals surface area (Å²) in [6.45, 7) is 4.12. The van der Waals surface area contributed by atoms with Gasteiger partial charge in [0, 0.05) is 10.8 Å². The molecule has 3 aromatic rings. The number of hydrogen-bond acceptors (Lipinski definition) is 3. The highest BCUT2D eigenvalue weighted by molar-refractivity contribution is 7.20. The van der Waals surface area contributed by atoms with Gasteiger partial charge in [-0.2, -0.15) is 0 Å². The van der Waals surface area contributed by atoms with Crippen LogP contribution in [0.1, 0.15) is 20.8 Å². The number of rotatable bonds is 1. The Labute approximate surface area is 108 Å². The van der Waals surface area contributed by atoms with Crippen molar-refractivity contribution in [2.24, 2.45) is 0 Å². The van der Waals surface area contributed by atoms with E-state index in [4.69, 9.17) is 5.11 Å². The van der Waals surface area contributed by atoms with Crippen LogP contribution in [0.2, 0.25) is 0 Å². The molecule has 18 heavy (non-hydrogen) atoms. The first kappa shape index (κ1) is 11.2. The van der Waals surface area contributed by atoms with Gasteiger partial charge in [-0.05, 0) is 49.2 Å². The molecule has 90 valence electrons. The predicted octanol–water partition coefficient (Wildman–Crippen LogP) is 3.76. The number of fused-ring (bicyclic) bond motifs is 2. The van der Waals surface area contributed by atoms with E-state index in [0.29, 0.717) is 4.88 Å². The van der Waals surface area contributed by atoms with Crippen molar-refractivity contribution in [1.29, 1.82) is 0 Å². The van der Waals surface area contributed by atoms with Gasteiger partial charge in [0.05, 0.1) is 5.52 Å². The molecule has 0 aliphatic carbocycles. The lowest BCUT2D eigenvalue weighted by molar-refractivity contribution is 0.0702. The number of carboxylic acid groups (broad SMARTS) is 1. The molecular formula is C14H11NO2S. The Morgan fingerprint density at radius 2 is 1.83 bits per heavy atom. The van der Waals surface area contributed by atoms with E-state index in [9.17, 15) is 4.79 Å². The van der Waals surface area contributed by atoms with Crippen LogP contribution in [0.5, 0.6) is 0 Å². The third-order valence-corrected chi connectivity index (χ3v) is 4.16. The van der Waals surface area contributed by atoms with Crippen molar-refractivity contribution < 1.29 is 9.90 Å². The molecule has 0 saturated carbocycles. The second kappa shape index (κ2) is 3.78. The number of aromatic carboxylic acids is 1. The molecule has 0 saturated heterocycles. The lowest BCUT2D eigenvalue weighted by Gasteiger charge is -2.03. The van der Waals surface area contributed by atoms with Gasteiger partial charge in [-0.25, -0.2) is 9.78 Å². The molecule has 0 unspecified atom stereocenters. The monoisotopic (exact) mass is 257 g/mol. The van der Waals surface area contributed by atoms with Gasteiger partial charge in [-0.1, -0.05) is 0 Å². The van der Waals surface area contributed by atoms with Gasteiger partial charge in [0.1, 0.15) is 9.71 Å². The number of carboxylic acids is 1. The molecule has 1 N–H and O–H groups in total. The van der Waals surface area contributed by atoms with E-state index >= 15 is 0 Å². The zero-order chi connectivity index (χ0) is 12.9. The van der Waals surface area contributed by atoms with Gasteiger partial charge in [0.15, 0.2) is 0 Å². The summed E-state index contributed by atoms with van der Waals surface area (Å²) in [4.78, 5) is 16.6. The summed E-state index contributed by atoms with van der Waals surface area (Å²) < 4.78 is 0. The first-order chi connectivity index (χ1) is 8.54. The molecule has 1 aromatic carbocycles. The van der Waals surface area contributed by atoms with Crippen molar-refractivity contribution >= 4 is 38.4 Å². The highest BCUT2D eigenvalue weighted by Gasteiger charge is 2.10. The standard InChI is InChI=1S/C14H11NO2S/c1-7-3-9-5-10-6-12(14(16)17)18-13(10)15-11(9)4-8(7)2/h3-6H,1-2H3,(H,16,17). The molecule has 2 aromatic heterocycles. The van der Waals surface area contributed by atoms with Crippen LogP contribution in [0.25, 0.3) is 21.1 Å². The fraction of sp³-hybridized carbons (Fsp3) is 0.143. The number of aryl methyl sites for hydroxylation is 2. The van der Waals surface area contributed by atoms with Crippen LogP contribution >= 0.6 is 11.3 Å². The lowest BCUT2D eigenvalue weighted by atomic mass is 10.1. The maximum atomic E-state index is 11.0. The molecule has 4 heteroatoms. The van der Waals surface area contributed by atoms with E-state index in [1.807, 2.05) is 12.1 Å². The van der Waals surface area contributed by atoms with Crippen molar-refractivity contribution in [3.05, 3.63) is 40.3 Å². The fourth-order valence-electron chi connectivity index (χ4n) is 2.00. The van der Waals surface area contributed by atoms with Gasteiger partial charge < -0.3 is 5.11 Å². The number of aromatic nitrogens is 1. The van der Waals surface area contributed by atoms with Gasteiger partial charge >= 0.3 is 5.97 Å². The number of pyridine rings is 1. The van der Waals surface area contributed by atoms with E-state index in [-0.39, 0.29) is 0 Å². The van der Waals surface area contributed by atoms with Crippen LogP contribution < -0.4 is 0 Å². The van der Waals surface area contributed by atoms with Crippen molar-refractivity contribution in [3.8, 4) is 0 Å². The third kappa shape index (κ3) is 1.66. The van der Waals surface area contributed by atoms with E-state index < -0.39 is 5.97 Å². The van der Waals surface area contributed by atoms with Crippen LogP contribution in [-0.4, -0.2) is 16.1 Å². The molecule has 0 spiro atoms. The molecule has 0 amide bonds. The molecule has 2 heterocycles. The highest BCUT2D eigenvalue weighted by Crippen LogP contribution is 2.28. The maximum Gasteiger partial charge on any atom is 0.345 e. The number of carbonyl (C=O) groups is 1. The van der Waals surface area contributed by atoms with E-state index in [0.717, 1.165) is 21.1 Å². The summed E-state index contributed by atoms with van der Waals surface area (Å²) in [5, 5.41) is 10.9. The Morgan fingerprint density at radius 1 is 1.11 bits per heavy atom. The average Bonchev–Trinajstić information content (AvgIpc) is 2.71. The van der Waals surface area contributed by atoms with Crippen LogP contribution in [-0.2, 0) is 0 Å². The molecular weight excluding hydrogens is 246 g/mol. The largest absolute Gasteiger partial charge is 0.477 e. The Morgan fingerprint density at radius 3 is 2.56 bits per heavy atom. The normalized spacial score (nSPS) is 11.2. The summed E-state index contributed by atoms with van der Waals surface area (Å²) in [5.74, 6) is -0.894. The minimum absolute atomic E-state index is 0.334. The second-order valence-corrected chi connectivity index (χ2v) is 5.46. The summed E-state index contributed by atoms with van der Waals surface area (Å²) in [7, 11) is 0. The Kier molecular flexibility index (Phi) is 2.35. The molecule has 0 aliphatic rings. The zero-order valence-electron chi connectivity index (χ0n) is 10.0. The second-order valence-electron chi connectivity index (χ2n) is 4.43. The maximum absolute atomic E-state index is 11.0. The summed E-state index contributed by atoms with van der Waals surface area (Å²) in [6, 6.07) is 7.83. The molecule has 0 aliphatic heterocycles. The third-order valence-electron chi connectivity index (χ3n) is 3.13. The zero-order valence-corrected chi connectivity index (χ0v) is 10.8. The van der Waals surface area contributed by atoms with Crippen molar-refractivity contribution in [2.75, 3.05) is 0 Å². The topological polar surface area (TPSA) is 50.2 Å². The minimum atomic E-state index is -0.894. The Bertz CT molecular complexity index is 731. The Hall–Kier alpha value is -1.94. The summed E-state index contributed by atoms with van der Waals surface area (Å²) in [5.41, 5.74) is 3.34. The number of thiophene rings is 1. The average molecular weight is 257 g/mol. The van der Waals surface area contributed by atoms with Gasteiger partial charge in [0.25, 0.3) is 0 Å². The number of hydrogen-bond donors (Lipinski definition) is 1. The molecule has 0 atom stereocenters. The molecule has 0 fully saturated rings. The van der Waals surface area contributed by atoms with Crippen LogP contribution in [0.4, 0.5) is 0 Å². The van der Waals surface area contributed by atoms with Gasteiger partial charge in [-0.3, -0.25) is 0 Å². The quantitative estimate of drug-likeness (QED) is 0.722. The van der Waals surface area contributed by atoms with Crippen molar-refractivity contribution in [3.63, 3.8) is 0 Å². The summed E-state index contributed by atoms with van der Waals surface area (Å²) in [6.07, 6.45) is 0. The van der Waals surface area contributed by atoms with E-state index in [2.05, 4.69) is 24.9 Å². The van der Waals surface area contributed by atoms with Crippen LogP contribution in [0.15, 0.2) is 24.3 Å². The number of nitrogens with zero attached hydrogens (tertiary/aromatic N) is 1. The van der Waals surface area contributed by atoms with E-state index in [1.165, 1.54) is 22.5 Å². The molecule has 0 bridgehead atoms. The SMILES string of the molecule is Cc1cc2cc3cc(C(=O)O)sc3nc2cc1C. The highest BCUT2D eigenvalue weighted by atomic mass is 32.1. The van der Waals surface area contributed by atoms with Crippen molar-refractivity contribution in [2.45, 2.75) is 13.8 Å².